The quantitative estimate of drug-likeness (QED) is 0.373. The van der Waals surface area contributed by atoms with Gasteiger partial charge in [0.1, 0.15) is 6.04 Å². The molecular weight excluding hydrogens is 510 g/mol. The maximum Gasteiger partial charge on any atom is 0.394 e. The summed E-state index contributed by atoms with van der Waals surface area (Å²) in [6.45, 7) is -0.701. The van der Waals surface area contributed by atoms with E-state index in [0.29, 0.717) is 0 Å². The number of hydrogen-bond donors (Lipinski definition) is 4. The zero-order valence-corrected chi connectivity index (χ0v) is 20.4. The normalized spacial score (nSPS) is 24.8. The summed E-state index contributed by atoms with van der Waals surface area (Å²) >= 11 is 11.9. The molecule has 2 fully saturated rings. The van der Waals surface area contributed by atoms with E-state index in [0.717, 1.165) is 25.7 Å². The summed E-state index contributed by atoms with van der Waals surface area (Å²) < 4.78 is 42.1. The fraction of sp³-hybridized carbons (Fsp3) is 0.609. The fourth-order valence-corrected chi connectivity index (χ4v) is 5.93. The zero-order chi connectivity index (χ0) is 25.8. The average Bonchev–Trinajstić information content (AvgIpc) is 2.75. The largest absolute Gasteiger partial charge is 0.480 e. The van der Waals surface area contributed by atoms with E-state index in [2.05, 4.69) is 16.0 Å². The number of nitrogens with one attached hydrogen (secondary N) is 3. The molecule has 3 atom stereocenters. The fourth-order valence-electron chi connectivity index (χ4n) is 5.36. The van der Waals surface area contributed by atoms with Gasteiger partial charge in [0, 0.05) is 6.54 Å². The molecule has 2 bridgehead atoms. The molecule has 2 aliphatic carbocycles. The van der Waals surface area contributed by atoms with Gasteiger partial charge < -0.3 is 21.1 Å². The van der Waals surface area contributed by atoms with E-state index < -0.39 is 42.1 Å². The highest BCUT2D eigenvalue weighted by Crippen LogP contribution is 2.57. The number of aliphatic carboxylic acids is 1. The van der Waals surface area contributed by atoms with Crippen molar-refractivity contribution in [2.45, 2.75) is 57.2 Å². The lowest BCUT2D eigenvalue weighted by Gasteiger charge is -2.48. The molecule has 3 amide bonds. The molecule has 0 spiro atoms. The van der Waals surface area contributed by atoms with Gasteiger partial charge in [-0.1, -0.05) is 48.5 Å². The summed E-state index contributed by atoms with van der Waals surface area (Å²) in [6.07, 6.45) is -1.02. The molecular formula is C23H28Cl2F3N3O4. The van der Waals surface area contributed by atoms with Crippen molar-refractivity contribution < 1.29 is 32.7 Å². The summed E-state index contributed by atoms with van der Waals surface area (Å²) in [7, 11) is 0. The number of carbonyl (C=O) groups excluding carboxylic acids is 2. The van der Waals surface area contributed by atoms with Crippen molar-refractivity contribution >= 4 is 41.1 Å². The Morgan fingerprint density at radius 2 is 1.69 bits per heavy atom. The number of urea groups is 1. The second kappa shape index (κ2) is 11.2. The Hall–Kier alpha value is -2.20. The molecule has 2 saturated carbocycles. The molecule has 0 heterocycles. The minimum Gasteiger partial charge on any atom is -0.480 e. The van der Waals surface area contributed by atoms with Gasteiger partial charge in [0.05, 0.1) is 27.6 Å². The number of halogens is 5. The maximum absolute atomic E-state index is 14.0. The number of carbonyl (C=O) groups is 3. The van der Waals surface area contributed by atoms with E-state index in [4.69, 9.17) is 23.2 Å². The van der Waals surface area contributed by atoms with Gasteiger partial charge in [-0.25, -0.2) is 9.59 Å². The molecule has 0 saturated heterocycles. The van der Waals surface area contributed by atoms with Crippen LogP contribution in [0.25, 0.3) is 0 Å². The molecule has 0 aliphatic heterocycles. The number of alkyl halides is 3. The third-order valence-electron chi connectivity index (χ3n) is 7.00. The zero-order valence-electron chi connectivity index (χ0n) is 18.9. The molecule has 2 unspecified atom stereocenters. The van der Waals surface area contributed by atoms with E-state index in [9.17, 15) is 32.7 Å². The highest BCUT2D eigenvalue weighted by atomic mass is 35.5. The molecule has 1 aromatic rings. The van der Waals surface area contributed by atoms with Crippen LogP contribution in [0.15, 0.2) is 18.2 Å². The van der Waals surface area contributed by atoms with Crippen LogP contribution in [0.4, 0.5) is 18.0 Å². The van der Waals surface area contributed by atoms with Gasteiger partial charge in [-0.15, -0.1) is 0 Å². The van der Waals surface area contributed by atoms with E-state index in [-0.39, 0.29) is 53.3 Å². The highest BCUT2D eigenvalue weighted by Gasteiger charge is 2.57. The lowest BCUT2D eigenvalue weighted by molar-refractivity contribution is -0.249. The lowest BCUT2D eigenvalue weighted by Crippen LogP contribution is -2.51. The molecule has 0 radical (unpaired) electrons. The van der Waals surface area contributed by atoms with Crippen LogP contribution in [-0.2, 0) is 4.79 Å². The van der Waals surface area contributed by atoms with Gasteiger partial charge in [0.15, 0.2) is 0 Å². The second-order valence-corrected chi connectivity index (χ2v) is 10.2. The summed E-state index contributed by atoms with van der Waals surface area (Å²) in [5, 5.41) is 16.3. The van der Waals surface area contributed by atoms with Crippen molar-refractivity contribution in [1.82, 2.24) is 16.0 Å². The maximum atomic E-state index is 14.0. The van der Waals surface area contributed by atoms with Crippen molar-refractivity contribution in [3.8, 4) is 0 Å². The van der Waals surface area contributed by atoms with Gasteiger partial charge in [0.2, 0.25) is 0 Å². The average molecular weight is 538 g/mol. The van der Waals surface area contributed by atoms with Gasteiger partial charge >= 0.3 is 18.2 Å². The molecule has 35 heavy (non-hydrogen) atoms. The Morgan fingerprint density at radius 3 is 2.23 bits per heavy atom. The standard InChI is InChI=1S/C23H28Cl2F3N3O4/c24-15-5-2-6-16(25)18(15)19(32)31-17(20(33)34)12-30-21(35)29-8-7-22(23(26,27)28)10-13-3-1-4-14(9-13)11-22/h2,5-6,13-14,17H,1,3-4,7-12H2,(H,31,32)(H,33,34)(H2,29,30,35)/t13?,14?,17-,22?/m0/s1. The number of hydrogen-bond acceptors (Lipinski definition) is 3. The number of carboxylic acid groups (broad SMARTS) is 1. The van der Waals surface area contributed by atoms with E-state index in [1.54, 1.807) is 0 Å². The minimum absolute atomic E-state index is 0.0234. The number of fused-ring (bicyclic) bond motifs is 2. The van der Waals surface area contributed by atoms with Crippen LogP contribution < -0.4 is 16.0 Å². The first-order valence-electron chi connectivity index (χ1n) is 11.5. The molecule has 12 heteroatoms. The van der Waals surface area contributed by atoms with Crippen molar-refractivity contribution in [3.05, 3.63) is 33.8 Å². The predicted molar refractivity (Wildman–Crippen MR) is 125 cm³/mol. The van der Waals surface area contributed by atoms with Gasteiger partial charge in [-0.2, -0.15) is 13.2 Å². The monoisotopic (exact) mass is 537 g/mol. The SMILES string of the molecule is O=C(NCCC1(C(F)(F)F)CC2CCCC(C2)C1)NC[C@H](NC(=O)c1c(Cl)cccc1Cl)C(=O)O. The smallest absolute Gasteiger partial charge is 0.394 e. The molecule has 194 valence electrons. The number of benzene rings is 1. The first-order chi connectivity index (χ1) is 16.4. The first-order valence-corrected chi connectivity index (χ1v) is 12.2. The van der Waals surface area contributed by atoms with Crippen LogP contribution in [0.1, 0.15) is 55.3 Å². The van der Waals surface area contributed by atoms with Crippen molar-refractivity contribution in [1.29, 1.82) is 0 Å². The molecule has 7 nitrogen and oxygen atoms in total. The van der Waals surface area contributed by atoms with Crippen LogP contribution in [0.3, 0.4) is 0 Å². The summed E-state index contributed by atoms with van der Waals surface area (Å²) in [5.41, 5.74) is -1.93. The summed E-state index contributed by atoms with van der Waals surface area (Å²) in [4.78, 5) is 36.1. The number of carboxylic acids is 1. The Balaban J connectivity index is 1.52. The van der Waals surface area contributed by atoms with Gasteiger partial charge in [0.25, 0.3) is 5.91 Å². The van der Waals surface area contributed by atoms with Crippen LogP contribution in [0.2, 0.25) is 10.0 Å². The Morgan fingerprint density at radius 1 is 1.09 bits per heavy atom. The Kier molecular flexibility index (Phi) is 8.80. The Labute approximate surface area is 211 Å². The van der Waals surface area contributed by atoms with Crippen LogP contribution in [0, 0.1) is 17.3 Å². The van der Waals surface area contributed by atoms with E-state index in [1.165, 1.54) is 18.2 Å². The molecule has 2 aliphatic rings. The molecule has 1 aromatic carbocycles. The third kappa shape index (κ3) is 6.73. The minimum atomic E-state index is -4.36. The van der Waals surface area contributed by atoms with Crippen LogP contribution in [0.5, 0.6) is 0 Å². The van der Waals surface area contributed by atoms with Crippen LogP contribution >= 0.6 is 23.2 Å². The number of amides is 3. The lowest BCUT2D eigenvalue weighted by atomic mass is 9.59. The molecule has 0 aromatic heterocycles. The third-order valence-corrected chi connectivity index (χ3v) is 7.63. The topological polar surface area (TPSA) is 108 Å². The molecule has 4 N–H and O–H groups in total. The van der Waals surface area contributed by atoms with Gasteiger partial charge in [-0.05, 0) is 49.7 Å². The van der Waals surface area contributed by atoms with E-state index >= 15 is 0 Å². The number of rotatable bonds is 8. The van der Waals surface area contributed by atoms with Crippen molar-refractivity contribution in [2.24, 2.45) is 17.3 Å². The first kappa shape index (κ1) is 27.4. The Bertz CT molecular complexity index is 928. The van der Waals surface area contributed by atoms with E-state index in [1.807, 2.05) is 0 Å². The second-order valence-electron chi connectivity index (χ2n) is 9.43. The van der Waals surface area contributed by atoms with Crippen molar-refractivity contribution in [3.63, 3.8) is 0 Å². The highest BCUT2D eigenvalue weighted by molar-refractivity contribution is 6.39. The van der Waals surface area contributed by atoms with Crippen LogP contribution in [-0.4, -0.2) is 48.3 Å². The van der Waals surface area contributed by atoms with Crippen molar-refractivity contribution in [2.75, 3.05) is 13.1 Å². The molecule has 3 rings (SSSR count). The van der Waals surface area contributed by atoms with Gasteiger partial charge in [-0.3, -0.25) is 4.79 Å². The summed E-state index contributed by atoms with van der Waals surface area (Å²) in [6, 6.07) is 2.01. The predicted octanol–water partition coefficient (Wildman–Crippen LogP) is 5.01. The summed E-state index contributed by atoms with van der Waals surface area (Å²) in [5.74, 6) is -2.15.